The van der Waals surface area contributed by atoms with Crippen LogP contribution in [-0.4, -0.2) is 37.2 Å². The van der Waals surface area contributed by atoms with E-state index in [1.165, 1.54) is 167 Å². The average Bonchev–Trinajstić information content (AvgIpc) is 3.29. The van der Waals surface area contributed by atoms with Crippen LogP contribution < -0.4 is 0 Å². The number of rotatable bonds is 50. The van der Waals surface area contributed by atoms with Crippen LogP contribution in [0.2, 0.25) is 0 Å². The van der Waals surface area contributed by atoms with Crippen molar-refractivity contribution in [3.63, 3.8) is 0 Å². The molecule has 6 nitrogen and oxygen atoms in total. The van der Waals surface area contributed by atoms with Crippen LogP contribution in [0.25, 0.3) is 0 Å². The van der Waals surface area contributed by atoms with Crippen LogP contribution in [-0.2, 0) is 28.6 Å². The first-order chi connectivity index (χ1) is 31.5. The molecule has 0 radical (unpaired) electrons. The second kappa shape index (κ2) is 53.0. The minimum absolute atomic E-state index is 0.0738. The molecular weight excluding hydrogens is 793 g/mol. The minimum atomic E-state index is -0.774. The van der Waals surface area contributed by atoms with Crippen molar-refractivity contribution in [1.29, 1.82) is 0 Å². The molecule has 0 spiro atoms. The fraction of sp³-hybridized carbons (Fsp3) is 0.810. The first-order valence-electron chi connectivity index (χ1n) is 27.6. The number of allylic oxidation sites excluding steroid dienone is 8. The van der Waals surface area contributed by atoms with Crippen LogP contribution in [0, 0.1) is 0 Å². The van der Waals surface area contributed by atoms with Gasteiger partial charge in [0.15, 0.2) is 6.10 Å². The van der Waals surface area contributed by atoms with Crippen molar-refractivity contribution < 1.29 is 28.6 Å². The van der Waals surface area contributed by atoms with Gasteiger partial charge < -0.3 is 14.2 Å². The summed E-state index contributed by atoms with van der Waals surface area (Å²) in [6.07, 6.45) is 63.8. The van der Waals surface area contributed by atoms with Gasteiger partial charge in [-0.2, -0.15) is 0 Å². The summed E-state index contributed by atoms with van der Waals surface area (Å²) in [6, 6.07) is 0. The molecular formula is C58H104O6. The number of hydrogen-bond acceptors (Lipinski definition) is 6. The second-order valence-electron chi connectivity index (χ2n) is 18.5. The summed E-state index contributed by atoms with van der Waals surface area (Å²) in [7, 11) is 0. The first kappa shape index (κ1) is 61.4. The Bertz CT molecular complexity index is 1120. The van der Waals surface area contributed by atoms with Gasteiger partial charge in [-0.25, -0.2) is 0 Å². The largest absolute Gasteiger partial charge is 0.462 e. The van der Waals surface area contributed by atoms with E-state index in [0.717, 1.165) is 77.0 Å². The molecule has 0 fully saturated rings. The number of hydrogen-bond donors (Lipinski definition) is 0. The van der Waals surface area contributed by atoms with E-state index in [1.54, 1.807) is 0 Å². The number of carbonyl (C=O) groups excluding carboxylic acids is 3. The average molecular weight is 897 g/mol. The highest BCUT2D eigenvalue weighted by Gasteiger charge is 2.19. The van der Waals surface area contributed by atoms with Crippen LogP contribution in [0.15, 0.2) is 48.6 Å². The van der Waals surface area contributed by atoms with Gasteiger partial charge in [0.25, 0.3) is 0 Å². The minimum Gasteiger partial charge on any atom is -0.462 e. The first-order valence-corrected chi connectivity index (χ1v) is 27.6. The van der Waals surface area contributed by atoms with E-state index in [0.29, 0.717) is 19.3 Å². The highest BCUT2D eigenvalue weighted by molar-refractivity contribution is 5.71. The summed E-state index contributed by atoms with van der Waals surface area (Å²) in [4.78, 5) is 38.0. The summed E-state index contributed by atoms with van der Waals surface area (Å²) in [5.74, 6) is -0.874. The van der Waals surface area contributed by atoms with Crippen molar-refractivity contribution in [2.75, 3.05) is 13.2 Å². The van der Waals surface area contributed by atoms with Gasteiger partial charge in [0.05, 0.1) is 0 Å². The Morgan fingerprint density at radius 2 is 0.609 bits per heavy atom. The van der Waals surface area contributed by atoms with Crippen LogP contribution in [0.4, 0.5) is 0 Å². The van der Waals surface area contributed by atoms with Gasteiger partial charge in [-0.15, -0.1) is 0 Å². The van der Waals surface area contributed by atoms with Gasteiger partial charge in [0.1, 0.15) is 13.2 Å². The van der Waals surface area contributed by atoms with Gasteiger partial charge >= 0.3 is 17.9 Å². The molecule has 0 aliphatic carbocycles. The van der Waals surface area contributed by atoms with E-state index in [4.69, 9.17) is 14.2 Å². The van der Waals surface area contributed by atoms with Crippen molar-refractivity contribution >= 4 is 17.9 Å². The third-order valence-corrected chi connectivity index (χ3v) is 12.1. The van der Waals surface area contributed by atoms with E-state index < -0.39 is 6.10 Å². The lowest BCUT2D eigenvalue weighted by molar-refractivity contribution is -0.167. The standard InChI is InChI=1S/C58H104O6/c1-4-7-10-13-16-19-22-24-26-28-29-31-32-34-36-39-42-45-48-51-57(60)63-54-55(53-62-56(59)50-47-44-41-38-21-18-15-12-9-6-3)64-58(61)52-49-46-43-40-37-35-33-30-27-25-23-20-17-14-11-8-5-2/h7,10,16,19,24-27,55H,4-6,8-9,11-15,17-18,20-23,28-54H2,1-3H3/b10-7-,19-16-,26-24-,27-25-. The van der Waals surface area contributed by atoms with Gasteiger partial charge in [0, 0.05) is 19.3 Å². The van der Waals surface area contributed by atoms with Crippen molar-refractivity contribution in [2.45, 2.75) is 290 Å². The molecule has 0 aliphatic heterocycles. The second-order valence-corrected chi connectivity index (χ2v) is 18.5. The number of carbonyl (C=O) groups is 3. The molecule has 0 saturated carbocycles. The van der Waals surface area contributed by atoms with Crippen LogP contribution >= 0.6 is 0 Å². The lowest BCUT2D eigenvalue weighted by Gasteiger charge is -2.18. The molecule has 0 aliphatic rings. The van der Waals surface area contributed by atoms with E-state index in [-0.39, 0.29) is 31.1 Å². The summed E-state index contributed by atoms with van der Waals surface area (Å²) in [6.45, 7) is 6.53. The van der Waals surface area contributed by atoms with Gasteiger partial charge in [0.2, 0.25) is 0 Å². The number of ether oxygens (including phenoxy) is 3. The van der Waals surface area contributed by atoms with Gasteiger partial charge in [-0.3, -0.25) is 14.4 Å². The van der Waals surface area contributed by atoms with Gasteiger partial charge in [-0.05, 0) is 77.0 Å². The molecule has 0 heterocycles. The lowest BCUT2D eigenvalue weighted by Crippen LogP contribution is -2.30. The van der Waals surface area contributed by atoms with E-state index >= 15 is 0 Å². The molecule has 0 bridgehead atoms. The van der Waals surface area contributed by atoms with Crippen molar-refractivity contribution in [2.24, 2.45) is 0 Å². The maximum Gasteiger partial charge on any atom is 0.306 e. The predicted molar refractivity (Wildman–Crippen MR) is 275 cm³/mol. The Morgan fingerprint density at radius 1 is 0.328 bits per heavy atom. The molecule has 6 heteroatoms. The molecule has 372 valence electrons. The topological polar surface area (TPSA) is 78.9 Å². The maximum absolute atomic E-state index is 12.8. The van der Waals surface area contributed by atoms with Crippen LogP contribution in [0.1, 0.15) is 284 Å². The lowest BCUT2D eigenvalue weighted by atomic mass is 10.1. The summed E-state index contributed by atoms with van der Waals surface area (Å²) in [5, 5.41) is 0. The van der Waals surface area contributed by atoms with Crippen molar-refractivity contribution in [1.82, 2.24) is 0 Å². The molecule has 0 amide bonds. The van der Waals surface area contributed by atoms with E-state index in [9.17, 15) is 14.4 Å². The number of unbranched alkanes of at least 4 members (excludes halogenated alkanes) is 31. The smallest absolute Gasteiger partial charge is 0.306 e. The molecule has 0 aromatic carbocycles. The van der Waals surface area contributed by atoms with E-state index in [1.807, 2.05) is 0 Å². The zero-order valence-corrected chi connectivity index (χ0v) is 42.6. The highest BCUT2D eigenvalue weighted by atomic mass is 16.6. The Kier molecular flexibility index (Phi) is 50.8. The van der Waals surface area contributed by atoms with Gasteiger partial charge in [-0.1, -0.05) is 236 Å². The molecule has 1 atom stereocenters. The normalized spacial score (nSPS) is 12.4. The molecule has 0 saturated heterocycles. The zero-order valence-electron chi connectivity index (χ0n) is 42.6. The quantitative estimate of drug-likeness (QED) is 0.0262. The third-order valence-electron chi connectivity index (χ3n) is 12.1. The Morgan fingerprint density at radius 3 is 0.969 bits per heavy atom. The fourth-order valence-corrected chi connectivity index (χ4v) is 7.92. The molecule has 0 aromatic rings. The molecule has 0 rings (SSSR count). The summed E-state index contributed by atoms with van der Waals surface area (Å²) >= 11 is 0. The molecule has 0 aromatic heterocycles. The third kappa shape index (κ3) is 50.4. The predicted octanol–water partition coefficient (Wildman–Crippen LogP) is 18.3. The number of esters is 3. The SMILES string of the molecule is CC/C=C\C/C=C\C/C=C\CCCCCCCCCCCC(=O)OCC(COC(=O)CCCCCCCCCCCC)OC(=O)CCCCCCCCC/C=C\CCCCCCCC. The Balaban J connectivity index is 4.31. The maximum atomic E-state index is 12.8. The zero-order chi connectivity index (χ0) is 46.5. The summed E-state index contributed by atoms with van der Waals surface area (Å²) in [5.41, 5.74) is 0. The molecule has 1 unspecified atom stereocenters. The molecule has 64 heavy (non-hydrogen) atoms. The highest BCUT2D eigenvalue weighted by Crippen LogP contribution is 2.16. The molecule has 0 N–H and O–H groups in total. The van der Waals surface area contributed by atoms with E-state index in [2.05, 4.69) is 69.4 Å². The fourth-order valence-electron chi connectivity index (χ4n) is 7.92. The van der Waals surface area contributed by atoms with Crippen molar-refractivity contribution in [3.8, 4) is 0 Å². The van der Waals surface area contributed by atoms with Crippen molar-refractivity contribution in [3.05, 3.63) is 48.6 Å². The Labute approximate surface area is 397 Å². The van der Waals surface area contributed by atoms with Crippen LogP contribution in [0.5, 0.6) is 0 Å². The Hall–Kier alpha value is -2.63. The summed E-state index contributed by atoms with van der Waals surface area (Å²) < 4.78 is 16.8. The monoisotopic (exact) mass is 897 g/mol. The van der Waals surface area contributed by atoms with Crippen LogP contribution in [0.3, 0.4) is 0 Å².